The fourth-order valence-corrected chi connectivity index (χ4v) is 3.07. The highest BCUT2D eigenvalue weighted by Crippen LogP contribution is 2.23. The molecular weight excluding hydrogens is 385 g/mol. The van der Waals surface area contributed by atoms with Crippen molar-refractivity contribution in [1.82, 2.24) is 0 Å². The quantitative estimate of drug-likeness (QED) is 0.712. The van der Waals surface area contributed by atoms with E-state index >= 15 is 0 Å². The van der Waals surface area contributed by atoms with E-state index in [0.29, 0.717) is 6.04 Å². The van der Waals surface area contributed by atoms with Crippen molar-refractivity contribution in [3.63, 3.8) is 0 Å². The van der Waals surface area contributed by atoms with Crippen LogP contribution in [0.1, 0.15) is 12.5 Å². The van der Waals surface area contributed by atoms with E-state index in [1.54, 1.807) is 7.11 Å². The maximum absolute atomic E-state index is 5.97. The minimum absolute atomic E-state index is 0.345. The first-order valence-electron chi connectivity index (χ1n) is 6.43. The maximum Gasteiger partial charge on any atom is 0.118 e. The summed E-state index contributed by atoms with van der Waals surface area (Å²) in [5.41, 5.74) is 2.41. The van der Waals surface area contributed by atoms with Crippen molar-refractivity contribution in [1.29, 1.82) is 0 Å². The molecule has 2 aromatic carbocycles. The van der Waals surface area contributed by atoms with Crippen LogP contribution in [0.5, 0.6) is 5.75 Å². The summed E-state index contributed by atoms with van der Waals surface area (Å²) in [5, 5.41) is 4.28. The third-order valence-corrected chi connectivity index (χ3v) is 4.16. The van der Waals surface area contributed by atoms with E-state index in [4.69, 9.17) is 16.3 Å². The molecular formula is C16H17ClINO. The van der Waals surface area contributed by atoms with Gasteiger partial charge in [0, 0.05) is 20.3 Å². The lowest BCUT2D eigenvalue weighted by atomic mass is 10.1. The molecule has 2 nitrogen and oxygen atoms in total. The topological polar surface area (TPSA) is 21.3 Å². The minimum atomic E-state index is 0.345. The van der Waals surface area contributed by atoms with Gasteiger partial charge in [-0.3, -0.25) is 0 Å². The van der Waals surface area contributed by atoms with E-state index in [1.165, 1.54) is 5.56 Å². The number of halogens is 2. The average molecular weight is 402 g/mol. The molecule has 2 aromatic rings. The van der Waals surface area contributed by atoms with Crippen molar-refractivity contribution in [2.75, 3.05) is 12.4 Å². The van der Waals surface area contributed by atoms with Crippen LogP contribution >= 0.6 is 34.2 Å². The zero-order valence-corrected chi connectivity index (χ0v) is 14.4. The lowest BCUT2D eigenvalue weighted by molar-refractivity contribution is 0.414. The first kappa shape index (κ1) is 15.4. The summed E-state index contributed by atoms with van der Waals surface area (Å²) in [6.45, 7) is 2.18. The minimum Gasteiger partial charge on any atom is -0.497 e. The molecule has 0 aromatic heterocycles. The molecule has 4 heteroatoms. The normalized spacial score (nSPS) is 12.0. The third kappa shape index (κ3) is 4.28. The summed E-state index contributed by atoms with van der Waals surface area (Å²) >= 11 is 8.26. The Balaban J connectivity index is 1.99. The van der Waals surface area contributed by atoms with Gasteiger partial charge >= 0.3 is 0 Å². The van der Waals surface area contributed by atoms with Crippen molar-refractivity contribution in [3.05, 3.63) is 56.6 Å². The number of methoxy groups -OCH3 is 1. The van der Waals surface area contributed by atoms with E-state index in [9.17, 15) is 0 Å². The number of hydrogen-bond acceptors (Lipinski definition) is 2. The lowest BCUT2D eigenvalue weighted by Crippen LogP contribution is -2.18. The van der Waals surface area contributed by atoms with Gasteiger partial charge in [-0.15, -0.1) is 0 Å². The maximum atomic E-state index is 5.97. The molecule has 0 heterocycles. The summed E-state index contributed by atoms with van der Waals surface area (Å²) < 4.78 is 6.30. The highest BCUT2D eigenvalue weighted by Gasteiger charge is 2.07. The van der Waals surface area contributed by atoms with Gasteiger partial charge in [-0.05, 0) is 71.8 Å². The van der Waals surface area contributed by atoms with Gasteiger partial charge in [-0.2, -0.15) is 0 Å². The highest BCUT2D eigenvalue weighted by molar-refractivity contribution is 14.1. The zero-order valence-electron chi connectivity index (χ0n) is 11.5. The van der Waals surface area contributed by atoms with E-state index in [2.05, 4.69) is 47.0 Å². The molecule has 0 saturated heterocycles. The Hall–Kier alpha value is -0.940. The summed E-state index contributed by atoms with van der Waals surface area (Å²) in [5.74, 6) is 0.890. The number of ether oxygens (including phenoxy) is 1. The van der Waals surface area contributed by atoms with Gasteiger partial charge in [-0.1, -0.05) is 23.7 Å². The summed E-state index contributed by atoms with van der Waals surface area (Å²) in [4.78, 5) is 0. The first-order valence-corrected chi connectivity index (χ1v) is 7.88. The van der Waals surface area contributed by atoms with Crippen LogP contribution in [-0.2, 0) is 6.42 Å². The number of nitrogens with one attached hydrogen (secondary N) is 1. The van der Waals surface area contributed by atoms with Gasteiger partial charge in [0.15, 0.2) is 0 Å². The Morgan fingerprint density at radius 2 is 1.90 bits per heavy atom. The predicted octanol–water partition coefficient (Wildman–Crippen LogP) is 5.00. The van der Waals surface area contributed by atoms with E-state index in [-0.39, 0.29) is 0 Å². The lowest BCUT2D eigenvalue weighted by Gasteiger charge is -2.17. The second kappa shape index (κ2) is 7.18. The molecule has 0 spiro atoms. The van der Waals surface area contributed by atoms with Crippen molar-refractivity contribution in [2.24, 2.45) is 0 Å². The average Bonchev–Trinajstić information content (AvgIpc) is 2.43. The van der Waals surface area contributed by atoms with Gasteiger partial charge in [0.1, 0.15) is 5.75 Å². The Bertz CT molecular complexity index is 571. The van der Waals surface area contributed by atoms with Crippen LogP contribution in [0.25, 0.3) is 0 Å². The Morgan fingerprint density at radius 1 is 1.20 bits per heavy atom. The number of anilines is 1. The molecule has 0 fully saturated rings. The van der Waals surface area contributed by atoms with Crippen LogP contribution < -0.4 is 10.1 Å². The van der Waals surface area contributed by atoms with E-state index in [0.717, 1.165) is 26.5 Å². The molecule has 1 N–H and O–H groups in total. The molecule has 0 amide bonds. The number of hydrogen-bond donors (Lipinski definition) is 1. The highest BCUT2D eigenvalue weighted by atomic mass is 127. The molecule has 0 aliphatic carbocycles. The molecule has 0 bridgehead atoms. The summed E-state index contributed by atoms with van der Waals surface area (Å²) in [6, 6.07) is 14.4. The third-order valence-electron chi connectivity index (χ3n) is 3.03. The van der Waals surface area contributed by atoms with Gasteiger partial charge in [0.05, 0.1) is 7.11 Å². The molecule has 2 rings (SSSR count). The monoisotopic (exact) mass is 401 g/mol. The van der Waals surface area contributed by atoms with Gasteiger partial charge < -0.3 is 10.1 Å². The smallest absolute Gasteiger partial charge is 0.118 e. The number of rotatable bonds is 5. The Labute approximate surface area is 138 Å². The fourth-order valence-electron chi connectivity index (χ4n) is 2.04. The van der Waals surface area contributed by atoms with Crippen LogP contribution in [0, 0.1) is 3.57 Å². The van der Waals surface area contributed by atoms with Crippen LogP contribution in [0.2, 0.25) is 5.02 Å². The van der Waals surface area contributed by atoms with Crippen molar-refractivity contribution < 1.29 is 4.74 Å². The van der Waals surface area contributed by atoms with Crippen molar-refractivity contribution >= 4 is 39.9 Å². The molecule has 0 aliphatic heterocycles. The van der Waals surface area contributed by atoms with Crippen LogP contribution in [0.3, 0.4) is 0 Å². The summed E-state index contributed by atoms with van der Waals surface area (Å²) in [7, 11) is 1.68. The SMILES string of the molecule is COc1ccc(CC(C)Nc2ccc(Cl)cc2I)cc1. The van der Waals surface area contributed by atoms with Crippen LogP contribution in [-0.4, -0.2) is 13.2 Å². The van der Waals surface area contributed by atoms with Gasteiger partial charge in [-0.25, -0.2) is 0 Å². The molecule has 20 heavy (non-hydrogen) atoms. The largest absolute Gasteiger partial charge is 0.497 e. The Morgan fingerprint density at radius 3 is 2.50 bits per heavy atom. The Kier molecular flexibility index (Phi) is 5.54. The molecule has 1 unspecified atom stereocenters. The molecule has 0 radical (unpaired) electrons. The van der Waals surface area contributed by atoms with Crippen molar-refractivity contribution in [3.8, 4) is 5.75 Å². The van der Waals surface area contributed by atoms with E-state index in [1.807, 2.05) is 30.3 Å². The van der Waals surface area contributed by atoms with Crippen LogP contribution in [0.4, 0.5) is 5.69 Å². The predicted molar refractivity (Wildman–Crippen MR) is 94.0 cm³/mol. The second-order valence-electron chi connectivity index (χ2n) is 4.72. The molecule has 1 atom stereocenters. The second-order valence-corrected chi connectivity index (χ2v) is 6.32. The van der Waals surface area contributed by atoms with Gasteiger partial charge in [0.2, 0.25) is 0 Å². The van der Waals surface area contributed by atoms with E-state index < -0.39 is 0 Å². The molecule has 106 valence electrons. The fraction of sp³-hybridized carbons (Fsp3) is 0.250. The standard InChI is InChI=1S/C16H17ClINO/c1-11(9-12-3-6-14(20-2)7-4-12)19-16-8-5-13(17)10-15(16)18/h3-8,10-11,19H,9H2,1-2H3. The summed E-state index contributed by atoms with van der Waals surface area (Å²) in [6.07, 6.45) is 0.961. The molecule has 0 aliphatic rings. The van der Waals surface area contributed by atoms with Gasteiger partial charge in [0.25, 0.3) is 0 Å². The molecule has 0 saturated carbocycles. The first-order chi connectivity index (χ1) is 9.58. The zero-order chi connectivity index (χ0) is 14.5. The van der Waals surface area contributed by atoms with Crippen molar-refractivity contribution in [2.45, 2.75) is 19.4 Å². The van der Waals surface area contributed by atoms with Crippen LogP contribution in [0.15, 0.2) is 42.5 Å². The number of benzene rings is 2.